The first-order valence-corrected chi connectivity index (χ1v) is 12.9. The lowest BCUT2D eigenvalue weighted by Crippen LogP contribution is -2.46. The molecule has 0 bridgehead atoms. The Labute approximate surface area is 208 Å². The lowest BCUT2D eigenvalue weighted by molar-refractivity contribution is -0.0196. The number of pyridine rings is 1. The van der Waals surface area contributed by atoms with E-state index in [0.29, 0.717) is 29.1 Å². The third-order valence-electron chi connectivity index (χ3n) is 6.71. The van der Waals surface area contributed by atoms with Gasteiger partial charge in [-0.15, -0.1) is 11.3 Å². The Morgan fingerprint density at radius 2 is 2.20 bits per heavy atom. The van der Waals surface area contributed by atoms with Crippen LogP contribution in [-0.2, 0) is 17.6 Å². The maximum absolute atomic E-state index is 13.0. The van der Waals surface area contributed by atoms with Gasteiger partial charge in [0.1, 0.15) is 15.8 Å². The molecule has 1 aromatic carbocycles. The van der Waals surface area contributed by atoms with Crippen molar-refractivity contribution in [2.75, 3.05) is 30.7 Å². The van der Waals surface area contributed by atoms with Gasteiger partial charge in [0.15, 0.2) is 0 Å². The molecule has 0 radical (unpaired) electrons. The van der Waals surface area contributed by atoms with Crippen molar-refractivity contribution >= 4 is 38.8 Å². The number of nitrogen functional groups attached to an aromatic ring is 1. The third-order valence-corrected chi connectivity index (χ3v) is 7.83. The number of nitriles is 1. The van der Waals surface area contributed by atoms with Gasteiger partial charge in [-0.1, -0.05) is 0 Å². The van der Waals surface area contributed by atoms with Gasteiger partial charge in [0, 0.05) is 36.8 Å². The Morgan fingerprint density at radius 3 is 3.00 bits per heavy atom. The number of thiophene rings is 1. The number of nitrogens with zero attached hydrogens (tertiary/aromatic N) is 2. The molecule has 35 heavy (non-hydrogen) atoms. The summed E-state index contributed by atoms with van der Waals surface area (Å²) >= 11 is 1.33. The van der Waals surface area contributed by atoms with Crippen molar-refractivity contribution in [3.63, 3.8) is 0 Å². The summed E-state index contributed by atoms with van der Waals surface area (Å²) in [6.07, 6.45) is 2.61. The molecule has 2 unspecified atom stereocenters. The number of aryl methyl sites for hydroxylation is 2. The standard InChI is InChI=1S/C26H30N6O2S/c1-14-3-6-21-23(28)24(35-26(21)31-14)25(33)32-19-5-4-16-9-22(18(10-27)7-17(16)8-19)30-13-20-12-29-11-15(2)34-20/h3,6-7,9,15,19-20,29-30H,4-5,8,11-13,28H2,1-2H3,(H,32,33)/t15?,19-,20?/m0/s1. The van der Waals surface area contributed by atoms with Gasteiger partial charge in [0.2, 0.25) is 0 Å². The van der Waals surface area contributed by atoms with Gasteiger partial charge in [-0.25, -0.2) is 4.98 Å². The zero-order chi connectivity index (χ0) is 24.5. The number of rotatable bonds is 5. The second-order valence-corrected chi connectivity index (χ2v) is 10.4. The largest absolute Gasteiger partial charge is 0.397 e. The second-order valence-electron chi connectivity index (χ2n) is 9.45. The predicted octanol–water partition coefficient (Wildman–Crippen LogP) is 3.13. The van der Waals surface area contributed by atoms with E-state index in [1.165, 1.54) is 16.9 Å². The Morgan fingerprint density at radius 1 is 1.34 bits per heavy atom. The molecule has 182 valence electrons. The number of nitrogens with one attached hydrogen (secondary N) is 3. The number of aromatic nitrogens is 1. The summed E-state index contributed by atoms with van der Waals surface area (Å²) < 4.78 is 5.95. The van der Waals surface area contributed by atoms with Crippen LogP contribution in [0.5, 0.6) is 0 Å². The monoisotopic (exact) mass is 490 g/mol. The molecule has 3 heterocycles. The highest BCUT2D eigenvalue weighted by Gasteiger charge is 2.25. The molecule has 2 aromatic heterocycles. The number of hydrogen-bond donors (Lipinski definition) is 4. The molecule has 1 amide bonds. The van der Waals surface area contributed by atoms with E-state index >= 15 is 0 Å². The average Bonchev–Trinajstić information content (AvgIpc) is 3.17. The Kier molecular flexibility index (Phi) is 6.60. The number of hydrogen-bond acceptors (Lipinski definition) is 8. The fraction of sp³-hybridized carbons (Fsp3) is 0.423. The number of carbonyl (C=O) groups is 1. The molecule has 5 rings (SSSR count). The lowest BCUT2D eigenvalue weighted by Gasteiger charge is -2.30. The average molecular weight is 491 g/mol. The van der Waals surface area contributed by atoms with Gasteiger partial charge < -0.3 is 26.4 Å². The van der Waals surface area contributed by atoms with Crippen molar-refractivity contribution in [2.24, 2.45) is 0 Å². The fourth-order valence-electron chi connectivity index (χ4n) is 4.90. The first-order valence-electron chi connectivity index (χ1n) is 12.0. The van der Waals surface area contributed by atoms with Crippen LogP contribution in [0, 0.1) is 18.3 Å². The van der Waals surface area contributed by atoms with E-state index in [4.69, 9.17) is 10.5 Å². The molecular formula is C26H30N6O2S. The number of benzene rings is 1. The van der Waals surface area contributed by atoms with E-state index in [2.05, 4.69) is 40.0 Å². The normalized spacial score (nSPS) is 21.8. The Bertz CT molecular complexity index is 1310. The molecule has 1 saturated heterocycles. The van der Waals surface area contributed by atoms with Crippen LogP contribution < -0.4 is 21.7 Å². The second kappa shape index (κ2) is 9.82. The van der Waals surface area contributed by atoms with Crippen LogP contribution in [0.15, 0.2) is 24.3 Å². The highest BCUT2D eigenvalue weighted by molar-refractivity contribution is 7.21. The summed E-state index contributed by atoms with van der Waals surface area (Å²) in [7, 11) is 0. The molecular weight excluding hydrogens is 460 g/mol. The first-order chi connectivity index (χ1) is 16.9. The molecule has 1 aliphatic carbocycles. The minimum Gasteiger partial charge on any atom is -0.397 e. The quantitative estimate of drug-likeness (QED) is 0.433. The van der Waals surface area contributed by atoms with Crippen molar-refractivity contribution in [1.29, 1.82) is 5.26 Å². The van der Waals surface area contributed by atoms with Crippen molar-refractivity contribution in [3.8, 4) is 6.07 Å². The van der Waals surface area contributed by atoms with Crippen LogP contribution in [0.3, 0.4) is 0 Å². The molecule has 9 heteroatoms. The number of amides is 1. The fourth-order valence-corrected chi connectivity index (χ4v) is 5.94. The predicted molar refractivity (Wildman–Crippen MR) is 139 cm³/mol. The number of nitrogens with two attached hydrogens (primary N) is 1. The van der Waals surface area contributed by atoms with E-state index in [9.17, 15) is 10.1 Å². The number of ether oxygens (including phenoxy) is 1. The Balaban J connectivity index is 1.27. The topological polar surface area (TPSA) is 125 Å². The van der Waals surface area contributed by atoms with Crippen LogP contribution in [-0.4, -0.2) is 48.8 Å². The summed E-state index contributed by atoms with van der Waals surface area (Å²) in [4.78, 5) is 18.8. The summed E-state index contributed by atoms with van der Waals surface area (Å²) in [6.45, 7) is 6.29. The maximum atomic E-state index is 13.0. The summed E-state index contributed by atoms with van der Waals surface area (Å²) in [5.41, 5.74) is 11.4. The van der Waals surface area contributed by atoms with Gasteiger partial charge in [-0.3, -0.25) is 4.79 Å². The maximum Gasteiger partial charge on any atom is 0.263 e. The van der Waals surface area contributed by atoms with Crippen LogP contribution in [0.1, 0.15) is 45.4 Å². The minimum atomic E-state index is -0.161. The van der Waals surface area contributed by atoms with Crippen molar-refractivity contribution < 1.29 is 9.53 Å². The number of morpholine rings is 1. The molecule has 8 nitrogen and oxygen atoms in total. The van der Waals surface area contributed by atoms with Crippen LogP contribution in [0.25, 0.3) is 10.2 Å². The number of fused-ring (bicyclic) bond motifs is 2. The zero-order valence-electron chi connectivity index (χ0n) is 20.0. The third kappa shape index (κ3) is 4.96. The SMILES string of the molecule is Cc1ccc2c(N)c(C(=O)N[C@H]3CCc4cc(NCC5CNCC(C)O5)c(C#N)cc4C3)sc2n1. The minimum absolute atomic E-state index is 0.0112. The van der Waals surface area contributed by atoms with Gasteiger partial charge in [0.05, 0.1) is 29.1 Å². The summed E-state index contributed by atoms with van der Waals surface area (Å²) in [5.74, 6) is -0.161. The van der Waals surface area contributed by atoms with E-state index in [1.54, 1.807) is 0 Å². The van der Waals surface area contributed by atoms with Crippen LogP contribution in [0.4, 0.5) is 11.4 Å². The van der Waals surface area contributed by atoms with E-state index in [-0.39, 0.29) is 24.2 Å². The molecule has 3 aromatic rings. The van der Waals surface area contributed by atoms with Gasteiger partial charge in [-0.2, -0.15) is 5.26 Å². The molecule has 3 atom stereocenters. The van der Waals surface area contributed by atoms with Crippen molar-refractivity contribution in [2.45, 2.75) is 51.4 Å². The molecule has 0 saturated carbocycles. The smallest absolute Gasteiger partial charge is 0.263 e. The molecule has 1 fully saturated rings. The van der Waals surface area contributed by atoms with Gasteiger partial charge >= 0.3 is 0 Å². The van der Waals surface area contributed by atoms with Crippen LogP contribution >= 0.6 is 11.3 Å². The van der Waals surface area contributed by atoms with Gasteiger partial charge in [0.25, 0.3) is 5.91 Å². The first kappa shape index (κ1) is 23.5. The van der Waals surface area contributed by atoms with E-state index < -0.39 is 0 Å². The molecule has 1 aliphatic heterocycles. The van der Waals surface area contributed by atoms with Gasteiger partial charge in [-0.05, 0) is 68.5 Å². The number of carbonyl (C=O) groups excluding carboxylic acids is 1. The number of anilines is 2. The highest BCUT2D eigenvalue weighted by Crippen LogP contribution is 2.33. The summed E-state index contributed by atoms with van der Waals surface area (Å²) in [5, 5.41) is 20.5. The van der Waals surface area contributed by atoms with Crippen molar-refractivity contribution in [3.05, 3.63) is 51.5 Å². The van der Waals surface area contributed by atoms with Crippen molar-refractivity contribution in [1.82, 2.24) is 15.6 Å². The lowest BCUT2D eigenvalue weighted by atomic mass is 9.86. The van der Waals surface area contributed by atoms with Crippen LogP contribution in [0.2, 0.25) is 0 Å². The zero-order valence-corrected chi connectivity index (χ0v) is 20.8. The Hall–Kier alpha value is -3.19. The molecule has 5 N–H and O–H groups in total. The summed E-state index contributed by atoms with van der Waals surface area (Å²) in [6, 6.07) is 10.2. The molecule has 0 spiro atoms. The molecule has 2 aliphatic rings. The highest BCUT2D eigenvalue weighted by atomic mass is 32.1. The van der Waals surface area contributed by atoms with E-state index in [1.807, 2.05) is 25.1 Å². The van der Waals surface area contributed by atoms with E-state index in [0.717, 1.165) is 53.1 Å².